The van der Waals surface area contributed by atoms with Crippen molar-refractivity contribution in [3.8, 4) is 11.8 Å². The summed E-state index contributed by atoms with van der Waals surface area (Å²) >= 11 is 0. The van der Waals surface area contributed by atoms with E-state index >= 15 is 0 Å². The van der Waals surface area contributed by atoms with Gasteiger partial charge in [-0.25, -0.2) is 14.6 Å². The lowest BCUT2D eigenvalue weighted by molar-refractivity contribution is 0.276. The molecular formula is C19H22N6O. The van der Waals surface area contributed by atoms with Crippen LogP contribution in [0.1, 0.15) is 23.2 Å². The molecular weight excluding hydrogens is 328 g/mol. The van der Waals surface area contributed by atoms with Crippen LogP contribution in [0.3, 0.4) is 0 Å². The summed E-state index contributed by atoms with van der Waals surface area (Å²) in [5, 5.41) is 4.18. The van der Waals surface area contributed by atoms with Crippen molar-refractivity contribution >= 4 is 0 Å². The summed E-state index contributed by atoms with van der Waals surface area (Å²) in [6, 6.07) is 6.43. The molecule has 1 aliphatic heterocycles. The van der Waals surface area contributed by atoms with Crippen LogP contribution in [0.2, 0.25) is 0 Å². The fourth-order valence-corrected chi connectivity index (χ4v) is 3.05. The van der Waals surface area contributed by atoms with Crippen molar-refractivity contribution in [3.05, 3.63) is 59.8 Å². The zero-order chi connectivity index (χ0) is 17.8. The number of pyridine rings is 1. The maximum atomic E-state index is 5.73. The van der Waals surface area contributed by atoms with Crippen LogP contribution >= 0.6 is 0 Å². The molecule has 0 aromatic carbocycles. The molecule has 0 atom stereocenters. The predicted octanol–water partition coefficient (Wildman–Crippen LogP) is 2.06. The van der Waals surface area contributed by atoms with E-state index in [1.165, 1.54) is 11.1 Å². The number of aromatic nitrogens is 5. The lowest BCUT2D eigenvalue weighted by Gasteiger charge is -2.23. The second kappa shape index (κ2) is 7.61. The highest BCUT2D eigenvalue weighted by atomic mass is 16.5. The maximum absolute atomic E-state index is 5.73. The monoisotopic (exact) mass is 350 g/mol. The Morgan fingerprint density at radius 1 is 1.19 bits per heavy atom. The molecule has 1 aliphatic rings. The van der Waals surface area contributed by atoms with Crippen LogP contribution in [-0.4, -0.2) is 49.8 Å². The van der Waals surface area contributed by atoms with Gasteiger partial charge in [0.2, 0.25) is 0 Å². The highest BCUT2D eigenvalue weighted by Crippen LogP contribution is 2.17. The van der Waals surface area contributed by atoms with Crippen molar-refractivity contribution < 1.29 is 4.74 Å². The number of fused-ring (bicyclic) bond motifs is 1. The van der Waals surface area contributed by atoms with Crippen molar-refractivity contribution in [1.29, 1.82) is 0 Å². The van der Waals surface area contributed by atoms with Crippen LogP contribution in [0.15, 0.2) is 43.0 Å². The molecule has 0 saturated carbocycles. The number of likely N-dealkylation sites (N-methyl/N-ethyl adjacent to an activating group) is 1. The first-order valence-corrected chi connectivity index (χ1v) is 8.89. The van der Waals surface area contributed by atoms with E-state index in [4.69, 9.17) is 4.74 Å². The zero-order valence-corrected chi connectivity index (χ0v) is 14.9. The van der Waals surface area contributed by atoms with Gasteiger partial charge in [-0.2, -0.15) is 10.1 Å². The first kappa shape index (κ1) is 16.7. The smallest absolute Gasteiger partial charge is 0.316 e. The molecule has 0 aliphatic carbocycles. The minimum atomic E-state index is 0.487. The molecule has 0 fully saturated rings. The molecule has 7 heteroatoms. The van der Waals surface area contributed by atoms with Crippen molar-refractivity contribution in [3.63, 3.8) is 0 Å². The van der Waals surface area contributed by atoms with Gasteiger partial charge in [-0.1, -0.05) is 6.07 Å². The van der Waals surface area contributed by atoms with Crippen molar-refractivity contribution in [2.75, 3.05) is 20.2 Å². The van der Waals surface area contributed by atoms with Gasteiger partial charge in [-0.15, -0.1) is 0 Å². The summed E-state index contributed by atoms with van der Waals surface area (Å²) in [4.78, 5) is 15.6. The summed E-state index contributed by atoms with van der Waals surface area (Å²) < 4.78 is 7.48. The quantitative estimate of drug-likeness (QED) is 0.634. The lowest BCUT2D eigenvalue weighted by atomic mass is 10.1. The molecule has 4 rings (SSSR count). The van der Waals surface area contributed by atoms with E-state index in [2.05, 4.69) is 38.1 Å². The van der Waals surface area contributed by atoms with Crippen molar-refractivity contribution in [2.24, 2.45) is 0 Å². The van der Waals surface area contributed by atoms with E-state index in [1.807, 2.05) is 30.7 Å². The second-order valence-electron chi connectivity index (χ2n) is 6.54. The third-order valence-corrected chi connectivity index (χ3v) is 4.49. The summed E-state index contributed by atoms with van der Waals surface area (Å²) in [5.41, 5.74) is 3.50. The molecule has 134 valence electrons. The number of hydrogen-bond acceptors (Lipinski definition) is 6. The van der Waals surface area contributed by atoms with Crippen LogP contribution in [-0.2, 0) is 19.4 Å². The number of rotatable bonds is 6. The van der Waals surface area contributed by atoms with Crippen molar-refractivity contribution in [2.45, 2.75) is 25.8 Å². The Bertz CT molecular complexity index is 847. The van der Waals surface area contributed by atoms with Crippen LogP contribution < -0.4 is 4.74 Å². The van der Waals surface area contributed by atoms with Gasteiger partial charge in [0.05, 0.1) is 12.3 Å². The molecule has 7 nitrogen and oxygen atoms in total. The van der Waals surface area contributed by atoms with E-state index in [1.54, 1.807) is 10.9 Å². The Hall–Kier alpha value is -2.80. The third kappa shape index (κ3) is 3.88. The van der Waals surface area contributed by atoms with Gasteiger partial charge in [0.15, 0.2) is 5.82 Å². The van der Waals surface area contributed by atoms with E-state index in [0.29, 0.717) is 12.6 Å². The standard InChI is InChI=1S/C19H22N6O/c1-24-10-7-17-16(14-24)13-21-19(23-17)26-11-2-4-15-5-6-18(20-12-15)25-9-3-8-22-25/h3,5-6,8-9,12-13H,2,4,7,10-11,14H2,1H3. The van der Waals surface area contributed by atoms with E-state index in [0.717, 1.165) is 43.9 Å². The topological polar surface area (TPSA) is 69.0 Å². The molecule has 0 amide bonds. The summed E-state index contributed by atoms with van der Waals surface area (Å²) in [7, 11) is 2.11. The number of hydrogen-bond donors (Lipinski definition) is 0. The fourth-order valence-electron chi connectivity index (χ4n) is 3.05. The molecule has 0 N–H and O–H groups in total. The Morgan fingerprint density at radius 2 is 2.15 bits per heavy atom. The maximum Gasteiger partial charge on any atom is 0.316 e. The van der Waals surface area contributed by atoms with Crippen molar-refractivity contribution in [1.82, 2.24) is 29.6 Å². The molecule has 4 heterocycles. The number of nitrogens with zero attached hydrogens (tertiary/aromatic N) is 6. The fraction of sp³-hybridized carbons (Fsp3) is 0.368. The summed E-state index contributed by atoms with van der Waals surface area (Å²) in [5.74, 6) is 0.822. The van der Waals surface area contributed by atoms with E-state index < -0.39 is 0 Å². The van der Waals surface area contributed by atoms with Crippen LogP contribution in [0.5, 0.6) is 6.01 Å². The number of aryl methyl sites for hydroxylation is 1. The molecule has 0 radical (unpaired) electrons. The van der Waals surface area contributed by atoms with Gasteiger partial charge in [0, 0.05) is 49.9 Å². The van der Waals surface area contributed by atoms with Gasteiger partial charge in [-0.3, -0.25) is 0 Å². The van der Waals surface area contributed by atoms with Gasteiger partial charge in [0.1, 0.15) is 0 Å². The SMILES string of the molecule is CN1CCc2nc(OCCCc3ccc(-n4cccn4)nc3)ncc2C1. The molecule has 0 spiro atoms. The lowest BCUT2D eigenvalue weighted by Crippen LogP contribution is -2.27. The van der Waals surface area contributed by atoms with Gasteiger partial charge >= 0.3 is 6.01 Å². The van der Waals surface area contributed by atoms with Gasteiger partial charge in [0.25, 0.3) is 0 Å². The minimum Gasteiger partial charge on any atom is -0.463 e. The van der Waals surface area contributed by atoms with Crippen LogP contribution in [0.25, 0.3) is 5.82 Å². The summed E-state index contributed by atoms with van der Waals surface area (Å²) in [6.45, 7) is 2.54. The third-order valence-electron chi connectivity index (χ3n) is 4.49. The van der Waals surface area contributed by atoms with E-state index in [9.17, 15) is 0 Å². The first-order chi connectivity index (χ1) is 12.8. The molecule has 3 aromatic heterocycles. The van der Waals surface area contributed by atoms with E-state index in [-0.39, 0.29) is 0 Å². The Kier molecular flexibility index (Phi) is 4.88. The van der Waals surface area contributed by atoms with Crippen LogP contribution in [0.4, 0.5) is 0 Å². The highest BCUT2D eigenvalue weighted by Gasteiger charge is 2.15. The summed E-state index contributed by atoms with van der Waals surface area (Å²) in [6.07, 6.45) is 10.2. The molecule has 0 saturated heterocycles. The Balaban J connectivity index is 1.26. The Morgan fingerprint density at radius 3 is 2.96 bits per heavy atom. The highest BCUT2D eigenvalue weighted by molar-refractivity contribution is 5.24. The average Bonchev–Trinajstić information content (AvgIpc) is 3.20. The average molecular weight is 350 g/mol. The normalized spacial score (nSPS) is 14.2. The molecule has 0 unspecified atom stereocenters. The molecule has 3 aromatic rings. The van der Waals surface area contributed by atoms with Gasteiger partial charge in [-0.05, 0) is 37.6 Å². The largest absolute Gasteiger partial charge is 0.463 e. The molecule has 26 heavy (non-hydrogen) atoms. The first-order valence-electron chi connectivity index (χ1n) is 8.89. The van der Waals surface area contributed by atoms with Gasteiger partial charge < -0.3 is 9.64 Å². The minimum absolute atomic E-state index is 0.487. The second-order valence-corrected chi connectivity index (χ2v) is 6.54. The zero-order valence-electron chi connectivity index (χ0n) is 14.9. The Labute approximate surface area is 152 Å². The number of ether oxygens (including phenoxy) is 1. The van der Waals surface area contributed by atoms with Crippen LogP contribution in [0, 0.1) is 0 Å². The molecule has 0 bridgehead atoms. The predicted molar refractivity (Wildman–Crippen MR) is 97.2 cm³/mol.